The number of hydrogen-bond acceptors (Lipinski definition) is 2. The molecule has 0 amide bonds. The molecule has 1 aliphatic carbocycles. The van der Waals surface area contributed by atoms with Crippen molar-refractivity contribution < 1.29 is 13.0 Å². The summed E-state index contributed by atoms with van der Waals surface area (Å²) in [5, 5.41) is -0.471. The molecule has 0 aliphatic heterocycles. The van der Waals surface area contributed by atoms with Crippen LogP contribution >= 0.6 is 0 Å². The third-order valence-electron chi connectivity index (χ3n) is 1.97. The Morgan fingerprint density at radius 2 is 1.55 bits per heavy atom. The van der Waals surface area contributed by atoms with Gasteiger partial charge in [-0.25, -0.2) is 0 Å². The molecule has 62 valence electrons. The molecule has 0 bridgehead atoms. The van der Waals surface area contributed by atoms with E-state index in [1.807, 2.05) is 0 Å². The fourth-order valence-corrected chi connectivity index (χ4v) is 2.29. The summed E-state index contributed by atoms with van der Waals surface area (Å²) in [5.74, 6) is 0. The van der Waals surface area contributed by atoms with E-state index in [1.165, 1.54) is 0 Å². The summed E-state index contributed by atoms with van der Waals surface area (Å²) in [5.41, 5.74) is 0. The first-order valence-corrected chi connectivity index (χ1v) is 5.07. The molecule has 1 N–H and O–H groups in total. The van der Waals surface area contributed by atoms with Crippen molar-refractivity contribution in [1.29, 1.82) is 0 Å². The Kier molecular flexibility index (Phi) is 5.22. The van der Waals surface area contributed by atoms with E-state index in [0.29, 0.717) is 12.8 Å². The molecule has 0 spiro atoms. The van der Waals surface area contributed by atoms with Gasteiger partial charge >= 0.3 is 29.6 Å². The maximum atomic E-state index is 10.5. The fraction of sp³-hybridized carbons (Fsp3) is 1.00. The predicted molar refractivity (Wildman–Crippen MR) is 45.6 cm³/mol. The normalized spacial score (nSPS) is 20.8. The Labute approximate surface area is 89.6 Å². The zero-order chi connectivity index (χ0) is 7.61. The van der Waals surface area contributed by atoms with E-state index in [2.05, 4.69) is 0 Å². The van der Waals surface area contributed by atoms with Crippen LogP contribution in [-0.2, 0) is 10.1 Å². The fourth-order valence-electron chi connectivity index (χ4n) is 1.36. The van der Waals surface area contributed by atoms with Crippen molar-refractivity contribution in [3.8, 4) is 0 Å². The van der Waals surface area contributed by atoms with Crippen LogP contribution in [0.5, 0.6) is 0 Å². The van der Waals surface area contributed by atoms with Crippen molar-refractivity contribution in [2.45, 2.75) is 37.4 Å². The molecule has 0 aromatic carbocycles. The summed E-state index contributed by atoms with van der Waals surface area (Å²) >= 11 is 0. The van der Waals surface area contributed by atoms with Gasteiger partial charge in [-0.2, -0.15) is 8.42 Å². The average Bonchev–Trinajstić information content (AvgIpc) is 1.88. The Morgan fingerprint density at radius 3 is 1.82 bits per heavy atom. The van der Waals surface area contributed by atoms with Crippen LogP contribution in [0.4, 0.5) is 0 Å². The SMILES string of the molecule is O=S(=O)(O)C1CCCCC1.[NaH]. The van der Waals surface area contributed by atoms with Crippen LogP contribution < -0.4 is 0 Å². The van der Waals surface area contributed by atoms with Crippen LogP contribution in [0.1, 0.15) is 32.1 Å². The van der Waals surface area contributed by atoms with Gasteiger partial charge in [0.1, 0.15) is 0 Å². The van der Waals surface area contributed by atoms with Gasteiger partial charge < -0.3 is 0 Å². The Hall–Kier alpha value is 0.910. The summed E-state index contributed by atoms with van der Waals surface area (Å²) < 4.78 is 29.7. The van der Waals surface area contributed by atoms with Crippen molar-refractivity contribution in [2.24, 2.45) is 0 Å². The first-order chi connectivity index (χ1) is 4.61. The monoisotopic (exact) mass is 188 g/mol. The summed E-state index contributed by atoms with van der Waals surface area (Å²) in [6, 6.07) is 0. The van der Waals surface area contributed by atoms with E-state index < -0.39 is 15.4 Å². The molecular weight excluding hydrogens is 175 g/mol. The summed E-state index contributed by atoms with van der Waals surface area (Å²) in [6.45, 7) is 0. The van der Waals surface area contributed by atoms with E-state index in [9.17, 15) is 8.42 Å². The van der Waals surface area contributed by atoms with Gasteiger partial charge in [0.2, 0.25) is 0 Å². The molecule has 1 saturated carbocycles. The quantitative estimate of drug-likeness (QED) is 0.483. The van der Waals surface area contributed by atoms with Gasteiger partial charge in [-0.15, -0.1) is 0 Å². The molecular formula is C6H13NaO3S. The van der Waals surface area contributed by atoms with Gasteiger partial charge in [-0.1, -0.05) is 19.3 Å². The molecule has 3 nitrogen and oxygen atoms in total. The van der Waals surface area contributed by atoms with Crippen molar-refractivity contribution in [2.75, 3.05) is 0 Å². The van der Waals surface area contributed by atoms with Gasteiger partial charge in [-0.3, -0.25) is 4.55 Å². The first-order valence-electron chi connectivity index (χ1n) is 3.57. The number of rotatable bonds is 1. The minimum atomic E-state index is -3.73. The van der Waals surface area contributed by atoms with E-state index in [-0.39, 0.29) is 29.6 Å². The molecule has 1 fully saturated rings. The molecule has 0 aromatic rings. The molecule has 0 heterocycles. The molecule has 5 heteroatoms. The van der Waals surface area contributed by atoms with Crippen LogP contribution in [-0.4, -0.2) is 47.8 Å². The molecule has 1 aliphatic rings. The van der Waals surface area contributed by atoms with Gasteiger partial charge in [-0.05, 0) is 12.8 Å². The molecule has 0 saturated heterocycles. The summed E-state index contributed by atoms with van der Waals surface area (Å²) in [6.07, 6.45) is 4.25. The first kappa shape index (κ1) is 11.9. The average molecular weight is 188 g/mol. The second-order valence-corrected chi connectivity index (χ2v) is 4.47. The predicted octanol–water partition coefficient (Wildman–Crippen LogP) is 0.558. The zero-order valence-corrected chi connectivity index (χ0v) is 6.60. The van der Waals surface area contributed by atoms with E-state index in [0.717, 1.165) is 19.3 Å². The summed E-state index contributed by atoms with van der Waals surface area (Å²) in [4.78, 5) is 0. The zero-order valence-electron chi connectivity index (χ0n) is 5.78. The van der Waals surface area contributed by atoms with Crippen molar-refractivity contribution in [1.82, 2.24) is 0 Å². The molecule has 1 rings (SSSR count). The summed E-state index contributed by atoms with van der Waals surface area (Å²) in [7, 11) is -3.73. The number of hydrogen-bond donors (Lipinski definition) is 1. The topological polar surface area (TPSA) is 54.4 Å². The van der Waals surface area contributed by atoms with E-state index >= 15 is 0 Å². The molecule has 0 aromatic heterocycles. The van der Waals surface area contributed by atoms with Crippen molar-refractivity contribution in [3.05, 3.63) is 0 Å². The second kappa shape index (κ2) is 4.82. The van der Waals surface area contributed by atoms with Crippen LogP contribution in [0.15, 0.2) is 0 Å². The van der Waals surface area contributed by atoms with Crippen LogP contribution in [0.3, 0.4) is 0 Å². The van der Waals surface area contributed by atoms with Gasteiger partial charge in [0, 0.05) is 0 Å². The Balaban J connectivity index is 0.000001000. The maximum absolute atomic E-state index is 10.5. The molecule has 0 unspecified atom stereocenters. The Bertz CT molecular complexity index is 194. The van der Waals surface area contributed by atoms with Gasteiger partial charge in [0.05, 0.1) is 5.25 Å². The molecule has 11 heavy (non-hydrogen) atoms. The van der Waals surface area contributed by atoms with Crippen molar-refractivity contribution >= 4 is 39.7 Å². The van der Waals surface area contributed by atoms with Crippen molar-refractivity contribution in [3.63, 3.8) is 0 Å². The Morgan fingerprint density at radius 1 is 1.09 bits per heavy atom. The molecule has 0 atom stereocenters. The standard InChI is InChI=1S/C6H12O3S.Na.H/c7-10(8,9)6-4-2-1-3-5-6;;/h6H,1-5H2,(H,7,8,9);;. The third-order valence-corrected chi connectivity index (χ3v) is 3.29. The van der Waals surface area contributed by atoms with E-state index in [4.69, 9.17) is 4.55 Å². The van der Waals surface area contributed by atoms with Crippen LogP contribution in [0.25, 0.3) is 0 Å². The van der Waals surface area contributed by atoms with Gasteiger partial charge in [0.15, 0.2) is 0 Å². The second-order valence-electron chi connectivity index (χ2n) is 2.77. The van der Waals surface area contributed by atoms with Crippen LogP contribution in [0, 0.1) is 0 Å². The minimum absolute atomic E-state index is 0. The molecule has 0 radical (unpaired) electrons. The van der Waals surface area contributed by atoms with E-state index in [1.54, 1.807) is 0 Å². The van der Waals surface area contributed by atoms with Gasteiger partial charge in [0.25, 0.3) is 10.1 Å². The third kappa shape index (κ3) is 3.90. The van der Waals surface area contributed by atoms with Crippen LogP contribution in [0.2, 0.25) is 0 Å².